The van der Waals surface area contributed by atoms with Crippen LogP contribution >= 0.6 is 15.9 Å². The molecule has 1 aromatic carbocycles. The van der Waals surface area contributed by atoms with Gasteiger partial charge in [-0.1, -0.05) is 15.9 Å². The average Bonchev–Trinajstić information content (AvgIpc) is 2.44. The molecule has 3 nitrogen and oxygen atoms in total. The summed E-state index contributed by atoms with van der Waals surface area (Å²) in [6, 6.07) is 4.40. The molecule has 0 bridgehead atoms. The second kappa shape index (κ2) is 7.86. The number of piperidine rings is 1. The zero-order chi connectivity index (χ0) is 14.4. The summed E-state index contributed by atoms with van der Waals surface area (Å²) in [6.45, 7) is 2.42. The van der Waals surface area contributed by atoms with Gasteiger partial charge in [-0.2, -0.15) is 0 Å². The van der Waals surface area contributed by atoms with Crippen molar-refractivity contribution in [1.82, 2.24) is 5.32 Å². The van der Waals surface area contributed by atoms with E-state index in [9.17, 15) is 9.18 Å². The maximum Gasteiger partial charge on any atom is 0.139 e. The first-order chi connectivity index (χ1) is 9.65. The Morgan fingerprint density at radius 3 is 2.90 bits per heavy atom. The van der Waals surface area contributed by atoms with Crippen LogP contribution in [0.15, 0.2) is 22.7 Å². The molecule has 0 aromatic heterocycles. The number of carbonyl (C=O) groups excluding carboxylic acids is 1. The van der Waals surface area contributed by atoms with Gasteiger partial charge in [0.05, 0.1) is 12.7 Å². The number of benzene rings is 1. The minimum absolute atomic E-state index is 0.0743. The van der Waals surface area contributed by atoms with E-state index in [0.717, 1.165) is 30.4 Å². The SMILES string of the molecule is O=C(CCOC1CCNCC1)Cc1cc(F)ccc1Br. The first-order valence-electron chi connectivity index (χ1n) is 6.93. The van der Waals surface area contributed by atoms with Gasteiger partial charge in [-0.05, 0) is 49.7 Å². The first kappa shape index (κ1) is 15.6. The van der Waals surface area contributed by atoms with Crippen molar-refractivity contribution in [3.05, 3.63) is 34.1 Å². The van der Waals surface area contributed by atoms with Crippen LogP contribution in [0.4, 0.5) is 4.39 Å². The summed E-state index contributed by atoms with van der Waals surface area (Å²) in [5, 5.41) is 3.27. The fraction of sp³-hybridized carbons (Fsp3) is 0.533. The second-order valence-electron chi connectivity index (χ2n) is 5.02. The van der Waals surface area contributed by atoms with Gasteiger partial charge in [-0.3, -0.25) is 4.79 Å². The number of halogens is 2. The summed E-state index contributed by atoms with van der Waals surface area (Å²) in [5.41, 5.74) is 0.692. The Morgan fingerprint density at radius 2 is 2.15 bits per heavy atom. The summed E-state index contributed by atoms with van der Waals surface area (Å²) in [7, 11) is 0. The van der Waals surface area contributed by atoms with E-state index in [1.807, 2.05) is 0 Å². The third-order valence-corrected chi connectivity index (χ3v) is 4.19. The van der Waals surface area contributed by atoms with Crippen molar-refractivity contribution < 1.29 is 13.9 Å². The molecule has 0 unspecified atom stereocenters. The van der Waals surface area contributed by atoms with E-state index >= 15 is 0 Å². The maximum absolute atomic E-state index is 13.1. The number of hydrogen-bond donors (Lipinski definition) is 1. The Bertz CT molecular complexity index is 461. The molecule has 1 N–H and O–H groups in total. The third kappa shape index (κ3) is 4.96. The molecule has 110 valence electrons. The molecule has 5 heteroatoms. The summed E-state index contributed by atoms with van der Waals surface area (Å²) in [5.74, 6) is -0.243. The van der Waals surface area contributed by atoms with Gasteiger partial charge in [0.2, 0.25) is 0 Å². The zero-order valence-electron chi connectivity index (χ0n) is 11.3. The highest BCUT2D eigenvalue weighted by Gasteiger charge is 2.14. The lowest BCUT2D eigenvalue weighted by atomic mass is 10.1. The number of nitrogens with one attached hydrogen (secondary N) is 1. The van der Waals surface area contributed by atoms with Crippen molar-refractivity contribution in [2.24, 2.45) is 0 Å². The minimum Gasteiger partial charge on any atom is -0.378 e. The topological polar surface area (TPSA) is 38.3 Å². The fourth-order valence-electron chi connectivity index (χ4n) is 2.28. The smallest absolute Gasteiger partial charge is 0.139 e. The molecule has 2 rings (SSSR count). The lowest BCUT2D eigenvalue weighted by molar-refractivity contribution is -0.120. The van der Waals surface area contributed by atoms with Crippen LogP contribution in [-0.2, 0) is 16.0 Å². The van der Waals surface area contributed by atoms with E-state index < -0.39 is 0 Å². The average molecular weight is 344 g/mol. The van der Waals surface area contributed by atoms with Crippen LogP contribution in [0.1, 0.15) is 24.8 Å². The quantitative estimate of drug-likeness (QED) is 0.863. The third-order valence-electron chi connectivity index (χ3n) is 3.42. The van der Waals surface area contributed by atoms with Gasteiger partial charge >= 0.3 is 0 Å². The molecule has 0 aliphatic carbocycles. The van der Waals surface area contributed by atoms with Crippen molar-refractivity contribution in [3.63, 3.8) is 0 Å². The van der Waals surface area contributed by atoms with Crippen LogP contribution in [-0.4, -0.2) is 31.6 Å². The molecule has 0 spiro atoms. The summed E-state index contributed by atoms with van der Waals surface area (Å²) >= 11 is 3.33. The summed E-state index contributed by atoms with van der Waals surface area (Å²) < 4.78 is 19.6. The highest BCUT2D eigenvalue weighted by molar-refractivity contribution is 9.10. The standard InChI is InChI=1S/C15H19BrFNO2/c16-15-2-1-12(17)9-11(15)10-13(19)5-8-20-14-3-6-18-7-4-14/h1-2,9,14,18H,3-8,10H2. The zero-order valence-corrected chi connectivity index (χ0v) is 12.9. The predicted octanol–water partition coefficient (Wildman–Crippen LogP) is 2.86. The molecule has 20 heavy (non-hydrogen) atoms. The highest BCUT2D eigenvalue weighted by Crippen LogP contribution is 2.19. The van der Waals surface area contributed by atoms with E-state index in [0.29, 0.717) is 18.6 Å². The van der Waals surface area contributed by atoms with E-state index in [1.165, 1.54) is 12.1 Å². The van der Waals surface area contributed by atoms with Crippen LogP contribution in [0.5, 0.6) is 0 Å². The lowest BCUT2D eigenvalue weighted by Crippen LogP contribution is -2.32. The Labute approximate surface area is 127 Å². The Hall–Kier alpha value is -0.780. The molecule has 1 fully saturated rings. The van der Waals surface area contributed by atoms with Crippen molar-refractivity contribution in [3.8, 4) is 0 Å². The number of hydrogen-bond acceptors (Lipinski definition) is 3. The van der Waals surface area contributed by atoms with Gasteiger partial charge in [0.15, 0.2) is 0 Å². The van der Waals surface area contributed by atoms with Crippen LogP contribution in [0, 0.1) is 5.82 Å². The molecule has 1 aliphatic rings. The Morgan fingerprint density at radius 1 is 1.40 bits per heavy atom. The molecule has 0 saturated carbocycles. The molecule has 1 heterocycles. The van der Waals surface area contributed by atoms with Crippen molar-refractivity contribution in [2.75, 3.05) is 19.7 Å². The van der Waals surface area contributed by atoms with Crippen molar-refractivity contribution >= 4 is 21.7 Å². The summed E-state index contributed by atoms with van der Waals surface area (Å²) in [4.78, 5) is 11.9. The molecular formula is C15H19BrFNO2. The van der Waals surface area contributed by atoms with Gasteiger partial charge in [0.25, 0.3) is 0 Å². The van der Waals surface area contributed by atoms with E-state index in [1.54, 1.807) is 6.07 Å². The van der Waals surface area contributed by atoms with Crippen molar-refractivity contribution in [1.29, 1.82) is 0 Å². The number of Topliss-reactive ketones (excluding diaryl/α,β-unsaturated/α-hetero) is 1. The van der Waals surface area contributed by atoms with E-state index in [-0.39, 0.29) is 24.1 Å². The molecule has 0 radical (unpaired) electrons. The molecule has 0 amide bonds. The number of ketones is 1. The minimum atomic E-state index is -0.318. The molecule has 1 saturated heterocycles. The van der Waals surface area contributed by atoms with Crippen LogP contribution in [0.25, 0.3) is 0 Å². The number of ether oxygens (including phenoxy) is 1. The lowest BCUT2D eigenvalue weighted by Gasteiger charge is -2.22. The number of carbonyl (C=O) groups is 1. The maximum atomic E-state index is 13.1. The largest absolute Gasteiger partial charge is 0.378 e. The molecular weight excluding hydrogens is 325 g/mol. The fourth-order valence-corrected chi connectivity index (χ4v) is 2.67. The van der Waals surface area contributed by atoms with Gasteiger partial charge in [0.1, 0.15) is 11.6 Å². The Kier molecular flexibility index (Phi) is 6.13. The second-order valence-corrected chi connectivity index (χ2v) is 5.88. The van der Waals surface area contributed by atoms with Gasteiger partial charge < -0.3 is 10.1 Å². The molecule has 1 aliphatic heterocycles. The Balaban J connectivity index is 1.73. The van der Waals surface area contributed by atoms with Crippen LogP contribution in [0.3, 0.4) is 0 Å². The van der Waals surface area contributed by atoms with Crippen LogP contribution in [0.2, 0.25) is 0 Å². The molecule has 0 atom stereocenters. The van der Waals surface area contributed by atoms with Crippen LogP contribution < -0.4 is 5.32 Å². The first-order valence-corrected chi connectivity index (χ1v) is 7.72. The normalized spacial score (nSPS) is 16.3. The van der Waals surface area contributed by atoms with Crippen molar-refractivity contribution in [2.45, 2.75) is 31.8 Å². The highest BCUT2D eigenvalue weighted by atomic mass is 79.9. The summed E-state index contributed by atoms with van der Waals surface area (Å²) in [6.07, 6.45) is 2.90. The van der Waals surface area contributed by atoms with Gasteiger partial charge in [0, 0.05) is 17.3 Å². The molecule has 1 aromatic rings. The monoisotopic (exact) mass is 343 g/mol. The number of rotatable bonds is 6. The predicted molar refractivity (Wildman–Crippen MR) is 79.3 cm³/mol. The van der Waals surface area contributed by atoms with Gasteiger partial charge in [-0.25, -0.2) is 4.39 Å². The van der Waals surface area contributed by atoms with Gasteiger partial charge in [-0.15, -0.1) is 0 Å². The van der Waals surface area contributed by atoms with E-state index in [2.05, 4.69) is 21.2 Å². The van der Waals surface area contributed by atoms with E-state index in [4.69, 9.17) is 4.74 Å².